The van der Waals surface area contributed by atoms with E-state index in [4.69, 9.17) is 5.11 Å². The smallest absolute Gasteiger partial charge is 0.372 e. The van der Waals surface area contributed by atoms with Crippen LogP contribution in [0.3, 0.4) is 0 Å². The van der Waals surface area contributed by atoms with E-state index in [0.29, 0.717) is 11.7 Å². The van der Waals surface area contributed by atoms with E-state index in [0.717, 1.165) is 56.8 Å². The molecule has 0 aromatic rings. The van der Waals surface area contributed by atoms with Gasteiger partial charge in [0.25, 0.3) is 0 Å². The van der Waals surface area contributed by atoms with Crippen molar-refractivity contribution >= 4 is 17.5 Å². The number of ketones is 2. The van der Waals surface area contributed by atoms with E-state index in [2.05, 4.69) is 20.8 Å². The quantitative estimate of drug-likeness (QED) is 0.247. The highest BCUT2D eigenvalue weighted by Gasteiger charge is 2.58. The van der Waals surface area contributed by atoms with Gasteiger partial charge in [-0.2, -0.15) is 0 Å². The van der Waals surface area contributed by atoms with E-state index >= 15 is 0 Å². The molecular weight excluding hydrogens is 452 g/mol. The lowest BCUT2D eigenvalue weighted by atomic mass is 9.47. The SMILES string of the molecule is CCCCCCCCCCC(=O)C(=O)O.C[C@]12CC[C@H]3[C@@H](CCC4=CC(=O)CC[C@@]43C)[C@@H]1CC[C@@H]2O. The number of allylic oxidation sites excluding steroid dienone is 1. The second-order valence-electron chi connectivity index (χ2n) is 12.6. The lowest BCUT2D eigenvalue weighted by Gasteiger charge is -2.57. The van der Waals surface area contributed by atoms with Crippen LogP contribution in [0.15, 0.2) is 11.6 Å². The molecule has 36 heavy (non-hydrogen) atoms. The van der Waals surface area contributed by atoms with Crippen molar-refractivity contribution in [2.45, 2.75) is 136 Å². The van der Waals surface area contributed by atoms with Gasteiger partial charge < -0.3 is 10.2 Å². The fraction of sp³-hybridized carbons (Fsp3) is 0.839. The zero-order valence-corrected chi connectivity index (χ0v) is 23.0. The summed E-state index contributed by atoms with van der Waals surface area (Å²) in [5.41, 5.74) is 1.89. The van der Waals surface area contributed by atoms with Crippen LogP contribution in [0, 0.1) is 28.6 Å². The highest BCUT2D eigenvalue weighted by atomic mass is 16.4. The van der Waals surface area contributed by atoms with Gasteiger partial charge in [0.1, 0.15) is 0 Å². The maximum absolute atomic E-state index is 11.8. The first-order valence-corrected chi connectivity index (χ1v) is 14.8. The summed E-state index contributed by atoms with van der Waals surface area (Å²) in [6, 6.07) is 0. The van der Waals surface area contributed by atoms with Crippen LogP contribution >= 0.6 is 0 Å². The van der Waals surface area contributed by atoms with Gasteiger partial charge in [-0.05, 0) is 86.0 Å². The number of aliphatic hydroxyl groups is 1. The van der Waals surface area contributed by atoms with Crippen LogP contribution in [0.1, 0.15) is 130 Å². The number of fused-ring (bicyclic) bond motifs is 5. The molecule has 0 heterocycles. The Balaban J connectivity index is 0.000000215. The number of carbonyl (C=O) groups is 3. The number of aliphatic hydroxyl groups excluding tert-OH is 1. The van der Waals surface area contributed by atoms with Gasteiger partial charge in [0.2, 0.25) is 5.78 Å². The standard InChI is InChI=1S/C19H28O2.C12H22O3/c1-18-9-7-13(20)11-12(18)3-4-14-15-5-6-17(21)19(15,2)10-8-16(14)18;1-2-3-4-5-6-7-8-9-10-11(13)12(14)15/h11,14-17,21H,3-10H2,1-2H3;2-10H2,1H3,(H,14,15)/t14-,15-,16-,17-,18-,19-;/m0./s1. The molecule has 3 saturated carbocycles. The predicted molar refractivity (Wildman–Crippen MR) is 143 cm³/mol. The first-order chi connectivity index (χ1) is 17.1. The molecule has 0 unspecified atom stereocenters. The third-order valence-electron chi connectivity index (χ3n) is 10.4. The zero-order chi connectivity index (χ0) is 26.3. The number of Topliss-reactive ketones (excluding diaryl/α,β-unsaturated/α-hetero) is 1. The van der Waals surface area contributed by atoms with Crippen molar-refractivity contribution in [2.75, 3.05) is 0 Å². The number of rotatable bonds is 10. The van der Waals surface area contributed by atoms with Crippen molar-refractivity contribution in [3.05, 3.63) is 11.6 Å². The predicted octanol–water partition coefficient (Wildman–Crippen LogP) is 7.05. The van der Waals surface area contributed by atoms with Gasteiger partial charge in [-0.3, -0.25) is 9.59 Å². The second kappa shape index (κ2) is 12.8. The third-order valence-corrected chi connectivity index (χ3v) is 10.4. The van der Waals surface area contributed by atoms with Gasteiger partial charge in [-0.1, -0.05) is 71.3 Å². The molecule has 0 aliphatic heterocycles. The Kier molecular flexibility index (Phi) is 10.4. The van der Waals surface area contributed by atoms with Crippen LogP contribution in [0.4, 0.5) is 0 Å². The maximum Gasteiger partial charge on any atom is 0.372 e. The molecule has 4 rings (SSSR count). The van der Waals surface area contributed by atoms with E-state index in [-0.39, 0.29) is 23.4 Å². The Morgan fingerprint density at radius 2 is 1.56 bits per heavy atom. The average Bonchev–Trinajstić information content (AvgIpc) is 3.16. The molecule has 0 saturated heterocycles. The van der Waals surface area contributed by atoms with Crippen LogP contribution in [-0.4, -0.2) is 33.9 Å². The van der Waals surface area contributed by atoms with Crippen molar-refractivity contribution < 1.29 is 24.6 Å². The Morgan fingerprint density at radius 3 is 2.22 bits per heavy atom. The molecule has 2 N–H and O–H groups in total. The zero-order valence-electron chi connectivity index (χ0n) is 23.0. The van der Waals surface area contributed by atoms with Crippen LogP contribution in [-0.2, 0) is 14.4 Å². The van der Waals surface area contributed by atoms with Gasteiger partial charge >= 0.3 is 5.97 Å². The second-order valence-corrected chi connectivity index (χ2v) is 12.6. The average molecular weight is 503 g/mol. The minimum Gasteiger partial charge on any atom is -0.476 e. The fourth-order valence-electron chi connectivity index (χ4n) is 8.06. The minimum atomic E-state index is -1.29. The van der Waals surface area contributed by atoms with Crippen molar-refractivity contribution in [3.63, 3.8) is 0 Å². The number of aliphatic carboxylic acids is 1. The Hall–Kier alpha value is -1.49. The normalized spacial score (nSPS) is 35.0. The molecule has 0 amide bonds. The van der Waals surface area contributed by atoms with Crippen molar-refractivity contribution in [2.24, 2.45) is 28.6 Å². The van der Waals surface area contributed by atoms with E-state index in [1.54, 1.807) is 0 Å². The summed E-state index contributed by atoms with van der Waals surface area (Å²) in [4.78, 5) is 32.7. The van der Waals surface area contributed by atoms with Crippen LogP contribution < -0.4 is 0 Å². The highest BCUT2D eigenvalue weighted by molar-refractivity contribution is 6.32. The molecule has 0 radical (unpaired) electrons. The molecule has 5 heteroatoms. The molecule has 0 spiro atoms. The molecular formula is C31H50O5. The van der Waals surface area contributed by atoms with Crippen LogP contribution in [0.2, 0.25) is 0 Å². The van der Waals surface area contributed by atoms with E-state index in [9.17, 15) is 19.5 Å². The van der Waals surface area contributed by atoms with E-state index < -0.39 is 11.8 Å². The minimum absolute atomic E-state index is 0.0823. The molecule has 3 fully saturated rings. The fourth-order valence-corrected chi connectivity index (χ4v) is 8.06. The summed E-state index contributed by atoms with van der Waals surface area (Å²) in [5.74, 6) is 0.629. The maximum atomic E-state index is 11.8. The van der Waals surface area contributed by atoms with Crippen LogP contribution in [0.5, 0.6) is 0 Å². The van der Waals surface area contributed by atoms with Crippen LogP contribution in [0.25, 0.3) is 0 Å². The van der Waals surface area contributed by atoms with E-state index in [1.807, 2.05) is 6.08 Å². The first kappa shape index (κ1) is 29.1. The van der Waals surface area contributed by atoms with Gasteiger partial charge in [0.05, 0.1) is 6.10 Å². The summed E-state index contributed by atoms with van der Waals surface area (Å²) in [6.07, 6.45) is 20.1. The van der Waals surface area contributed by atoms with Crippen molar-refractivity contribution in [3.8, 4) is 0 Å². The molecule has 0 aromatic carbocycles. The number of unbranched alkanes of at least 4 members (excludes halogenated alkanes) is 7. The van der Waals surface area contributed by atoms with E-state index in [1.165, 1.54) is 63.4 Å². The highest BCUT2D eigenvalue weighted by Crippen LogP contribution is 2.65. The summed E-state index contributed by atoms with van der Waals surface area (Å²) in [5, 5.41) is 18.8. The monoisotopic (exact) mass is 502 g/mol. The molecule has 4 aliphatic rings. The summed E-state index contributed by atoms with van der Waals surface area (Å²) >= 11 is 0. The third kappa shape index (κ3) is 6.49. The van der Waals surface area contributed by atoms with Crippen molar-refractivity contribution in [1.82, 2.24) is 0 Å². The largest absolute Gasteiger partial charge is 0.476 e. The number of hydrogen-bond donors (Lipinski definition) is 2. The van der Waals surface area contributed by atoms with Gasteiger partial charge in [0, 0.05) is 12.8 Å². The summed E-state index contributed by atoms with van der Waals surface area (Å²) < 4.78 is 0. The van der Waals surface area contributed by atoms with Gasteiger partial charge in [-0.15, -0.1) is 0 Å². The number of carboxylic acids is 1. The number of carboxylic acid groups (broad SMARTS) is 1. The molecule has 4 aliphatic carbocycles. The van der Waals surface area contributed by atoms with Gasteiger partial charge in [0.15, 0.2) is 5.78 Å². The molecule has 0 bridgehead atoms. The Bertz CT molecular complexity index is 816. The summed E-state index contributed by atoms with van der Waals surface area (Å²) in [7, 11) is 0. The number of carbonyl (C=O) groups excluding carboxylic acids is 2. The lowest BCUT2D eigenvalue weighted by Crippen LogP contribution is -2.51. The Morgan fingerprint density at radius 1 is 0.889 bits per heavy atom. The molecule has 5 nitrogen and oxygen atoms in total. The first-order valence-electron chi connectivity index (χ1n) is 14.8. The lowest BCUT2D eigenvalue weighted by molar-refractivity contribution is -0.149. The molecule has 0 aromatic heterocycles. The van der Waals surface area contributed by atoms with Crippen molar-refractivity contribution in [1.29, 1.82) is 0 Å². The number of hydrogen-bond acceptors (Lipinski definition) is 4. The molecule has 204 valence electrons. The van der Waals surface area contributed by atoms with Gasteiger partial charge in [-0.25, -0.2) is 4.79 Å². The summed E-state index contributed by atoms with van der Waals surface area (Å²) in [6.45, 7) is 6.96. The molecule has 6 atom stereocenters. The topological polar surface area (TPSA) is 91.7 Å². The Labute approximate surface area is 218 Å².